The summed E-state index contributed by atoms with van der Waals surface area (Å²) in [4.78, 5) is 0. The Kier molecular flexibility index (Phi) is 56.1. The predicted molar refractivity (Wildman–Crippen MR) is 28.6 cm³/mol. The van der Waals surface area contributed by atoms with Gasteiger partial charge in [-0.25, -0.2) is 0 Å². The summed E-state index contributed by atoms with van der Waals surface area (Å²) in [5, 5.41) is 0. The molecule has 0 fully saturated rings. The molecule has 0 unspecified atom stereocenters. The van der Waals surface area contributed by atoms with Gasteiger partial charge in [-0.05, 0) is 24.4 Å². The SMILES string of the molecule is NN.S=C=S. The lowest BCUT2D eigenvalue weighted by Gasteiger charge is -1.27. The van der Waals surface area contributed by atoms with Crippen LogP contribution in [0.2, 0.25) is 0 Å². The van der Waals surface area contributed by atoms with E-state index >= 15 is 0 Å². The number of thiocarbonyl (C=S) groups is 2. The van der Waals surface area contributed by atoms with E-state index in [2.05, 4.69) is 36.1 Å². The molecule has 0 spiro atoms. The normalized spacial score (nSPS) is 2.80. The van der Waals surface area contributed by atoms with Gasteiger partial charge < -0.3 is 0 Å². The summed E-state index contributed by atoms with van der Waals surface area (Å²) in [5.41, 5.74) is 0. The van der Waals surface area contributed by atoms with Crippen molar-refractivity contribution in [3.63, 3.8) is 0 Å². The molecule has 0 saturated heterocycles. The largest absolute Gasteiger partial charge is 0.274 e. The van der Waals surface area contributed by atoms with E-state index < -0.39 is 0 Å². The summed E-state index contributed by atoms with van der Waals surface area (Å²) in [7, 11) is 0. The summed E-state index contributed by atoms with van der Waals surface area (Å²) in [5.74, 6) is 8.00. The van der Waals surface area contributed by atoms with Gasteiger partial charge >= 0.3 is 0 Å². The summed E-state index contributed by atoms with van der Waals surface area (Å²) in [6.07, 6.45) is 0. The van der Waals surface area contributed by atoms with Crippen LogP contribution in [0.25, 0.3) is 0 Å². The highest BCUT2D eigenvalue weighted by molar-refractivity contribution is 7.93. The third-order valence-corrected chi connectivity index (χ3v) is 0. The monoisotopic (exact) mass is 108 g/mol. The van der Waals surface area contributed by atoms with Gasteiger partial charge in [0.05, 0.1) is 0 Å². The second kappa shape index (κ2) is 31.4. The van der Waals surface area contributed by atoms with Crippen molar-refractivity contribution in [1.29, 1.82) is 0 Å². The first-order valence-electron chi connectivity index (χ1n) is 0.742. The van der Waals surface area contributed by atoms with E-state index in [4.69, 9.17) is 0 Å². The summed E-state index contributed by atoms with van der Waals surface area (Å²) >= 11 is 7.92. The highest BCUT2D eigenvalue weighted by Gasteiger charge is 1.01. The van der Waals surface area contributed by atoms with Gasteiger partial charge in [-0.1, -0.05) is 0 Å². The van der Waals surface area contributed by atoms with Crippen LogP contribution >= 0.6 is 24.4 Å². The lowest BCUT2D eigenvalue weighted by Crippen LogP contribution is -2.02. The van der Waals surface area contributed by atoms with E-state index in [9.17, 15) is 0 Å². The fourth-order valence-electron chi connectivity index (χ4n) is 0. The molecule has 0 aromatic heterocycles. The van der Waals surface area contributed by atoms with Gasteiger partial charge in [0, 0.05) is 4.31 Å². The van der Waals surface area contributed by atoms with E-state index in [0.717, 1.165) is 0 Å². The average molecular weight is 108 g/mol. The van der Waals surface area contributed by atoms with E-state index in [0.29, 0.717) is 0 Å². The molecule has 0 rings (SSSR count). The standard InChI is InChI=1S/CS2.H4N2/c2-1-3;1-2/h;1-2H2. The van der Waals surface area contributed by atoms with Crippen molar-refractivity contribution in [3.8, 4) is 0 Å². The van der Waals surface area contributed by atoms with Crippen molar-refractivity contribution in [1.82, 2.24) is 0 Å². The smallest absolute Gasteiger partial charge is 0.0297 e. The Balaban J connectivity index is 0. The van der Waals surface area contributed by atoms with Gasteiger partial charge in [-0.3, -0.25) is 11.7 Å². The Morgan fingerprint density at radius 1 is 1.20 bits per heavy atom. The Morgan fingerprint density at radius 3 is 1.20 bits per heavy atom. The first kappa shape index (κ1) is 8.94. The average Bonchev–Trinajstić information content (AvgIpc) is 1.46. The molecule has 0 radical (unpaired) electrons. The van der Waals surface area contributed by atoms with Crippen molar-refractivity contribution in [2.45, 2.75) is 0 Å². The van der Waals surface area contributed by atoms with E-state index in [1.807, 2.05) is 4.31 Å². The second-order valence-corrected chi connectivity index (χ2v) is 0.750. The second-order valence-electron chi connectivity index (χ2n) is 0.0833. The number of nitrogens with two attached hydrogens (primary N) is 2. The molecule has 5 heavy (non-hydrogen) atoms. The zero-order valence-corrected chi connectivity index (χ0v) is 4.10. The van der Waals surface area contributed by atoms with Crippen LogP contribution in [0.5, 0.6) is 0 Å². The third kappa shape index (κ3) is 967. The molecule has 0 saturated carbocycles. The number of hydrogen-bond donors (Lipinski definition) is 2. The van der Waals surface area contributed by atoms with Crippen molar-refractivity contribution in [2.75, 3.05) is 0 Å². The Morgan fingerprint density at radius 2 is 1.20 bits per heavy atom. The van der Waals surface area contributed by atoms with Crippen LogP contribution in [-0.4, -0.2) is 4.31 Å². The summed E-state index contributed by atoms with van der Waals surface area (Å²) < 4.78 is 1.92. The molecule has 2 nitrogen and oxygen atoms in total. The predicted octanol–water partition coefficient (Wildman–Crippen LogP) is -0.163. The topological polar surface area (TPSA) is 52.0 Å². The first-order chi connectivity index (χ1) is 2.41. The summed E-state index contributed by atoms with van der Waals surface area (Å²) in [6, 6.07) is 0. The van der Waals surface area contributed by atoms with Crippen LogP contribution in [-0.2, 0) is 0 Å². The van der Waals surface area contributed by atoms with E-state index in [1.165, 1.54) is 0 Å². The van der Waals surface area contributed by atoms with Crippen molar-refractivity contribution >= 4 is 28.7 Å². The number of rotatable bonds is 0. The van der Waals surface area contributed by atoms with Crippen LogP contribution in [0.4, 0.5) is 0 Å². The first-order valence-corrected chi connectivity index (χ1v) is 1.56. The minimum Gasteiger partial charge on any atom is -0.274 e. The lowest BCUT2D eigenvalue weighted by molar-refractivity contribution is 1.26. The van der Waals surface area contributed by atoms with Gasteiger partial charge in [0.25, 0.3) is 0 Å². The van der Waals surface area contributed by atoms with E-state index in [-0.39, 0.29) is 0 Å². The van der Waals surface area contributed by atoms with E-state index in [1.54, 1.807) is 0 Å². The molecule has 0 aliphatic heterocycles. The van der Waals surface area contributed by atoms with Gasteiger partial charge in [-0.2, -0.15) is 0 Å². The zero-order chi connectivity index (χ0) is 4.71. The molecule has 0 amide bonds. The maximum absolute atomic E-state index is 4.00. The fraction of sp³-hybridized carbons (Fsp3) is 0. The highest BCUT2D eigenvalue weighted by Crippen LogP contribution is 1.29. The summed E-state index contributed by atoms with van der Waals surface area (Å²) in [6.45, 7) is 0. The number of hydrogen-bond acceptors (Lipinski definition) is 4. The molecular weight excluding hydrogens is 104 g/mol. The maximum atomic E-state index is 4.00. The van der Waals surface area contributed by atoms with Crippen molar-refractivity contribution in [3.05, 3.63) is 0 Å². The third-order valence-electron chi connectivity index (χ3n) is 0. The molecule has 4 heteroatoms. The molecular formula is CH4N2S2. The van der Waals surface area contributed by atoms with Crippen LogP contribution in [0, 0.1) is 0 Å². The fourth-order valence-corrected chi connectivity index (χ4v) is 0. The van der Waals surface area contributed by atoms with Gasteiger partial charge in [0.15, 0.2) is 0 Å². The molecule has 0 atom stereocenters. The molecule has 30 valence electrons. The maximum Gasteiger partial charge on any atom is 0.0297 e. The van der Waals surface area contributed by atoms with Crippen LogP contribution in [0.15, 0.2) is 0 Å². The Hall–Kier alpha value is 0.140. The minimum absolute atomic E-state index is 1.92. The number of hydrazine groups is 1. The molecule has 0 aromatic carbocycles. The van der Waals surface area contributed by atoms with Gasteiger partial charge in [0.1, 0.15) is 0 Å². The molecule has 4 N–H and O–H groups in total. The quantitative estimate of drug-likeness (QED) is 0.257. The van der Waals surface area contributed by atoms with Crippen LogP contribution in [0.3, 0.4) is 0 Å². The van der Waals surface area contributed by atoms with Crippen molar-refractivity contribution in [2.24, 2.45) is 11.7 Å². The van der Waals surface area contributed by atoms with Gasteiger partial charge in [0.2, 0.25) is 0 Å². The molecule has 0 aliphatic rings. The van der Waals surface area contributed by atoms with Crippen LogP contribution < -0.4 is 11.7 Å². The van der Waals surface area contributed by atoms with Crippen LogP contribution in [0.1, 0.15) is 0 Å². The van der Waals surface area contributed by atoms with Crippen molar-refractivity contribution < 1.29 is 0 Å². The molecule has 0 heterocycles. The Labute approximate surface area is 41.1 Å². The molecule has 0 aromatic rings. The lowest BCUT2D eigenvalue weighted by atomic mass is 12.0. The minimum atomic E-state index is 1.92. The zero-order valence-electron chi connectivity index (χ0n) is 2.47. The molecule has 0 aliphatic carbocycles. The molecule has 0 bridgehead atoms. The van der Waals surface area contributed by atoms with Gasteiger partial charge in [-0.15, -0.1) is 0 Å². The highest BCUT2D eigenvalue weighted by atomic mass is 32.1. The Bertz CT molecular complexity index is 28.6.